The Morgan fingerprint density at radius 3 is 1.84 bits per heavy atom. The SMILES string of the molecule is c1ccc(-c2nc(-c3ccc4ccc5oc6ccc7oc(-c8ccccc8)nc7c6c5c4c3)nc(-c3cccc4oc5ccccc5c34)n2)cc1. The minimum absolute atomic E-state index is 0.563. The molecule has 11 aromatic rings. The number of benzene rings is 7. The predicted molar refractivity (Wildman–Crippen MR) is 201 cm³/mol. The standard InChI is InChI=1S/C44H24N4O3/c1-3-10-26(11-4-1)41-46-42(48-43(47-41)30-15-9-17-33-37(30)29-14-7-8-16-32(29)49-33)28-19-18-25-20-21-34-38(31(25)24-28)39-35(50-34)22-23-36-40(39)45-44(51-36)27-12-5-2-6-13-27/h1-24H. The number of hydrogen-bond donors (Lipinski definition) is 0. The lowest BCUT2D eigenvalue weighted by atomic mass is 10.0. The van der Waals surface area contributed by atoms with Crippen molar-refractivity contribution in [3.63, 3.8) is 0 Å². The van der Waals surface area contributed by atoms with Crippen LogP contribution in [0.1, 0.15) is 0 Å². The number of aromatic nitrogens is 4. The van der Waals surface area contributed by atoms with Crippen LogP contribution < -0.4 is 0 Å². The largest absolute Gasteiger partial charge is 0.456 e. The number of hydrogen-bond acceptors (Lipinski definition) is 7. The molecule has 0 bridgehead atoms. The van der Waals surface area contributed by atoms with Crippen molar-refractivity contribution < 1.29 is 13.3 Å². The molecular weight excluding hydrogens is 633 g/mol. The van der Waals surface area contributed by atoms with Gasteiger partial charge >= 0.3 is 0 Å². The van der Waals surface area contributed by atoms with Gasteiger partial charge in [-0.25, -0.2) is 19.9 Å². The van der Waals surface area contributed by atoms with Crippen LogP contribution in [0.3, 0.4) is 0 Å². The van der Waals surface area contributed by atoms with Gasteiger partial charge in [0.25, 0.3) is 0 Å². The van der Waals surface area contributed by atoms with Crippen molar-refractivity contribution in [2.24, 2.45) is 0 Å². The van der Waals surface area contributed by atoms with Gasteiger partial charge < -0.3 is 13.3 Å². The van der Waals surface area contributed by atoms with Gasteiger partial charge in [0.1, 0.15) is 27.8 Å². The van der Waals surface area contributed by atoms with E-state index in [1.807, 2.05) is 115 Å². The lowest BCUT2D eigenvalue weighted by molar-refractivity contribution is 0.619. The van der Waals surface area contributed by atoms with Crippen molar-refractivity contribution in [2.75, 3.05) is 0 Å². The molecule has 4 heterocycles. The fourth-order valence-corrected chi connectivity index (χ4v) is 7.21. The maximum atomic E-state index is 6.42. The summed E-state index contributed by atoms with van der Waals surface area (Å²) >= 11 is 0. The molecule has 0 amide bonds. The molecule has 0 saturated heterocycles. The molecule has 238 valence electrons. The fraction of sp³-hybridized carbons (Fsp3) is 0. The number of furan rings is 2. The highest BCUT2D eigenvalue weighted by Crippen LogP contribution is 2.41. The Kier molecular flexibility index (Phi) is 5.83. The van der Waals surface area contributed by atoms with Crippen LogP contribution in [0, 0.1) is 0 Å². The third-order valence-corrected chi connectivity index (χ3v) is 9.57. The van der Waals surface area contributed by atoms with E-state index in [1.165, 1.54) is 0 Å². The maximum absolute atomic E-state index is 6.42. The van der Waals surface area contributed by atoms with Crippen LogP contribution in [-0.2, 0) is 0 Å². The van der Waals surface area contributed by atoms with Gasteiger partial charge in [-0.3, -0.25) is 0 Å². The van der Waals surface area contributed by atoms with E-state index in [0.29, 0.717) is 28.9 Å². The minimum atomic E-state index is 0.563. The van der Waals surface area contributed by atoms with Gasteiger partial charge in [-0.1, -0.05) is 97.1 Å². The van der Waals surface area contributed by atoms with Gasteiger partial charge in [-0.2, -0.15) is 0 Å². The van der Waals surface area contributed by atoms with E-state index in [2.05, 4.69) is 30.3 Å². The summed E-state index contributed by atoms with van der Waals surface area (Å²) in [5, 5.41) is 5.93. The van der Waals surface area contributed by atoms with E-state index in [9.17, 15) is 0 Å². The van der Waals surface area contributed by atoms with Crippen molar-refractivity contribution >= 4 is 65.7 Å². The summed E-state index contributed by atoms with van der Waals surface area (Å²) in [5.41, 5.74) is 8.14. The summed E-state index contributed by atoms with van der Waals surface area (Å²) in [6, 6.07) is 48.3. The second-order valence-electron chi connectivity index (χ2n) is 12.6. The Morgan fingerprint density at radius 2 is 0.980 bits per heavy atom. The third kappa shape index (κ3) is 4.31. The summed E-state index contributed by atoms with van der Waals surface area (Å²) in [7, 11) is 0. The van der Waals surface area contributed by atoms with Crippen molar-refractivity contribution in [3.05, 3.63) is 146 Å². The van der Waals surface area contributed by atoms with Gasteiger partial charge in [0, 0.05) is 38.4 Å². The quantitative estimate of drug-likeness (QED) is 0.186. The molecule has 0 radical (unpaired) electrons. The molecule has 0 aliphatic rings. The van der Waals surface area contributed by atoms with E-state index < -0.39 is 0 Å². The number of nitrogens with zero attached hydrogens (tertiary/aromatic N) is 4. The average molecular weight is 657 g/mol. The first-order valence-electron chi connectivity index (χ1n) is 16.7. The Balaban J connectivity index is 1.16. The first-order chi connectivity index (χ1) is 25.2. The zero-order valence-electron chi connectivity index (χ0n) is 26.9. The minimum Gasteiger partial charge on any atom is -0.456 e. The average Bonchev–Trinajstić information content (AvgIpc) is 3.91. The van der Waals surface area contributed by atoms with Crippen LogP contribution in [-0.4, -0.2) is 19.9 Å². The van der Waals surface area contributed by atoms with Gasteiger partial charge in [0.2, 0.25) is 5.89 Å². The molecule has 7 heteroatoms. The normalized spacial score (nSPS) is 11.9. The van der Waals surface area contributed by atoms with Crippen molar-refractivity contribution in [1.82, 2.24) is 19.9 Å². The van der Waals surface area contributed by atoms with Crippen LogP contribution >= 0.6 is 0 Å². The molecule has 7 nitrogen and oxygen atoms in total. The number of fused-ring (bicyclic) bond motifs is 10. The monoisotopic (exact) mass is 656 g/mol. The Bertz CT molecular complexity index is 3140. The third-order valence-electron chi connectivity index (χ3n) is 9.57. The Labute approximate surface area is 289 Å². The number of rotatable bonds is 4. The van der Waals surface area contributed by atoms with Gasteiger partial charge in [0.15, 0.2) is 23.1 Å². The lowest BCUT2D eigenvalue weighted by Gasteiger charge is -2.10. The summed E-state index contributed by atoms with van der Waals surface area (Å²) in [6.07, 6.45) is 0. The molecule has 0 aliphatic heterocycles. The molecule has 0 aliphatic carbocycles. The lowest BCUT2D eigenvalue weighted by Crippen LogP contribution is -2.00. The van der Waals surface area contributed by atoms with Crippen LogP contribution in [0.2, 0.25) is 0 Å². The van der Waals surface area contributed by atoms with E-state index in [4.69, 9.17) is 33.2 Å². The van der Waals surface area contributed by atoms with Crippen LogP contribution in [0.4, 0.5) is 0 Å². The van der Waals surface area contributed by atoms with Crippen LogP contribution in [0.25, 0.3) is 111 Å². The van der Waals surface area contributed by atoms with Crippen LogP contribution in [0.5, 0.6) is 0 Å². The van der Waals surface area contributed by atoms with Crippen molar-refractivity contribution in [2.45, 2.75) is 0 Å². The molecule has 0 N–H and O–H groups in total. The van der Waals surface area contributed by atoms with E-state index in [-0.39, 0.29) is 0 Å². The zero-order chi connectivity index (χ0) is 33.5. The smallest absolute Gasteiger partial charge is 0.227 e. The summed E-state index contributed by atoms with van der Waals surface area (Å²) in [5.74, 6) is 2.29. The Hall–Kier alpha value is -7.12. The summed E-state index contributed by atoms with van der Waals surface area (Å²) < 4.78 is 18.9. The van der Waals surface area contributed by atoms with Gasteiger partial charge in [0.05, 0.1) is 5.39 Å². The number of para-hydroxylation sites is 1. The molecule has 0 fully saturated rings. The molecule has 0 unspecified atom stereocenters. The Morgan fingerprint density at radius 1 is 0.353 bits per heavy atom. The van der Waals surface area contributed by atoms with E-state index in [1.54, 1.807) is 0 Å². The maximum Gasteiger partial charge on any atom is 0.227 e. The second kappa shape index (κ2) is 10.7. The summed E-state index contributed by atoms with van der Waals surface area (Å²) in [6.45, 7) is 0. The predicted octanol–water partition coefficient (Wildman–Crippen LogP) is 11.6. The van der Waals surface area contributed by atoms with E-state index in [0.717, 1.165) is 82.4 Å². The van der Waals surface area contributed by atoms with Crippen molar-refractivity contribution in [3.8, 4) is 45.6 Å². The van der Waals surface area contributed by atoms with E-state index >= 15 is 0 Å². The molecular formula is C44H24N4O3. The van der Waals surface area contributed by atoms with Gasteiger partial charge in [-0.15, -0.1) is 0 Å². The highest BCUT2D eigenvalue weighted by molar-refractivity contribution is 6.25. The molecule has 7 aromatic carbocycles. The molecule has 0 spiro atoms. The summed E-state index contributed by atoms with van der Waals surface area (Å²) in [4.78, 5) is 20.2. The molecule has 0 saturated carbocycles. The molecule has 11 rings (SSSR count). The molecule has 4 aromatic heterocycles. The van der Waals surface area contributed by atoms with Crippen molar-refractivity contribution in [1.29, 1.82) is 0 Å². The number of oxazole rings is 1. The first-order valence-corrected chi connectivity index (χ1v) is 16.7. The van der Waals surface area contributed by atoms with Gasteiger partial charge in [-0.05, 0) is 59.3 Å². The molecule has 51 heavy (non-hydrogen) atoms. The highest BCUT2D eigenvalue weighted by atomic mass is 16.4. The fourth-order valence-electron chi connectivity index (χ4n) is 7.21. The second-order valence-corrected chi connectivity index (χ2v) is 12.6. The zero-order valence-corrected chi connectivity index (χ0v) is 26.9. The molecule has 0 atom stereocenters. The topological polar surface area (TPSA) is 91.0 Å². The van der Waals surface area contributed by atoms with Crippen LogP contribution in [0.15, 0.2) is 159 Å². The first kappa shape index (κ1) is 27.8. The highest BCUT2D eigenvalue weighted by Gasteiger charge is 2.21.